The predicted octanol–water partition coefficient (Wildman–Crippen LogP) is 0.552. The van der Waals surface area contributed by atoms with Gasteiger partial charge in [-0.05, 0) is 19.1 Å². The van der Waals surface area contributed by atoms with Crippen LogP contribution in [0.4, 0.5) is 0 Å². The molecule has 5 nitrogen and oxygen atoms in total. The Balaban J connectivity index is 2.65. The van der Waals surface area contributed by atoms with Crippen LogP contribution in [-0.2, 0) is 4.74 Å². The van der Waals surface area contributed by atoms with Gasteiger partial charge in [0.25, 0.3) is 5.91 Å². The lowest BCUT2D eigenvalue weighted by Gasteiger charge is -2.12. The van der Waals surface area contributed by atoms with Crippen LogP contribution in [0.25, 0.3) is 0 Å². The summed E-state index contributed by atoms with van der Waals surface area (Å²) in [6.07, 6.45) is 1.45. The molecule has 82 valence electrons. The van der Waals surface area contributed by atoms with Gasteiger partial charge in [0.05, 0.1) is 6.61 Å². The van der Waals surface area contributed by atoms with Crippen molar-refractivity contribution in [3.05, 3.63) is 24.0 Å². The Morgan fingerprint density at radius 1 is 1.73 bits per heavy atom. The number of rotatable bonds is 4. The monoisotopic (exact) mass is 210 g/mol. The number of pyridine rings is 1. The highest BCUT2D eigenvalue weighted by Crippen LogP contribution is 2.11. The summed E-state index contributed by atoms with van der Waals surface area (Å²) in [6, 6.07) is 2.86. The second-order valence-corrected chi connectivity index (χ2v) is 3.20. The van der Waals surface area contributed by atoms with Crippen molar-refractivity contribution in [2.45, 2.75) is 13.0 Å². The van der Waals surface area contributed by atoms with Crippen molar-refractivity contribution in [2.75, 3.05) is 13.7 Å². The SMILES string of the molecule is COCC(C)NC(=O)c1ncccc1O. The second-order valence-electron chi connectivity index (χ2n) is 3.20. The van der Waals surface area contributed by atoms with Crippen LogP contribution in [0.3, 0.4) is 0 Å². The van der Waals surface area contributed by atoms with Gasteiger partial charge in [0.2, 0.25) is 0 Å². The molecule has 2 N–H and O–H groups in total. The molecular formula is C10H14N2O3. The summed E-state index contributed by atoms with van der Waals surface area (Å²) in [5.74, 6) is -0.530. The van der Waals surface area contributed by atoms with E-state index >= 15 is 0 Å². The van der Waals surface area contributed by atoms with Crippen LogP contribution >= 0.6 is 0 Å². The van der Waals surface area contributed by atoms with E-state index in [0.717, 1.165) is 0 Å². The van der Waals surface area contributed by atoms with Crippen molar-refractivity contribution in [1.29, 1.82) is 0 Å². The molecule has 0 aromatic carbocycles. The number of aromatic hydroxyl groups is 1. The van der Waals surface area contributed by atoms with Crippen molar-refractivity contribution >= 4 is 5.91 Å². The quantitative estimate of drug-likeness (QED) is 0.761. The summed E-state index contributed by atoms with van der Waals surface area (Å²) in [6.45, 7) is 2.22. The number of hydrogen-bond acceptors (Lipinski definition) is 4. The molecule has 1 unspecified atom stereocenters. The molecule has 1 atom stereocenters. The fourth-order valence-electron chi connectivity index (χ4n) is 1.16. The summed E-state index contributed by atoms with van der Waals surface area (Å²) >= 11 is 0. The van der Waals surface area contributed by atoms with E-state index in [1.807, 2.05) is 0 Å². The Kier molecular flexibility index (Phi) is 4.05. The number of aromatic nitrogens is 1. The zero-order valence-electron chi connectivity index (χ0n) is 8.73. The fraction of sp³-hybridized carbons (Fsp3) is 0.400. The van der Waals surface area contributed by atoms with E-state index in [1.54, 1.807) is 20.1 Å². The molecule has 0 radical (unpaired) electrons. The van der Waals surface area contributed by atoms with Crippen LogP contribution in [0.2, 0.25) is 0 Å². The third-order valence-corrected chi connectivity index (χ3v) is 1.80. The summed E-state index contributed by atoms with van der Waals surface area (Å²) in [5.41, 5.74) is 0.0282. The van der Waals surface area contributed by atoms with Crippen molar-refractivity contribution in [1.82, 2.24) is 10.3 Å². The van der Waals surface area contributed by atoms with Gasteiger partial charge in [0, 0.05) is 19.3 Å². The van der Waals surface area contributed by atoms with Gasteiger partial charge in [-0.3, -0.25) is 4.79 Å². The lowest BCUT2D eigenvalue weighted by molar-refractivity contribution is 0.0897. The molecule has 1 heterocycles. The van der Waals surface area contributed by atoms with Gasteiger partial charge in [-0.2, -0.15) is 0 Å². The molecule has 0 bridgehead atoms. The summed E-state index contributed by atoms with van der Waals surface area (Å²) < 4.78 is 4.87. The molecule has 15 heavy (non-hydrogen) atoms. The van der Waals surface area contributed by atoms with Crippen LogP contribution in [0.1, 0.15) is 17.4 Å². The minimum absolute atomic E-state index is 0.0282. The first-order valence-electron chi connectivity index (χ1n) is 4.59. The molecule has 1 amide bonds. The Morgan fingerprint density at radius 3 is 3.07 bits per heavy atom. The predicted molar refractivity (Wildman–Crippen MR) is 54.7 cm³/mol. The molecule has 0 aliphatic rings. The largest absolute Gasteiger partial charge is 0.505 e. The lowest BCUT2D eigenvalue weighted by Crippen LogP contribution is -2.36. The first kappa shape index (κ1) is 11.5. The second kappa shape index (κ2) is 5.31. The zero-order chi connectivity index (χ0) is 11.3. The van der Waals surface area contributed by atoms with E-state index in [9.17, 15) is 9.90 Å². The third kappa shape index (κ3) is 3.21. The average Bonchev–Trinajstić information content (AvgIpc) is 2.18. The van der Waals surface area contributed by atoms with E-state index in [1.165, 1.54) is 12.3 Å². The van der Waals surface area contributed by atoms with E-state index in [-0.39, 0.29) is 17.5 Å². The molecule has 1 aromatic rings. The number of amides is 1. The first-order chi connectivity index (χ1) is 7.15. The maximum Gasteiger partial charge on any atom is 0.274 e. The lowest BCUT2D eigenvalue weighted by atomic mass is 10.3. The minimum Gasteiger partial charge on any atom is -0.505 e. The van der Waals surface area contributed by atoms with Crippen LogP contribution in [0.15, 0.2) is 18.3 Å². The van der Waals surface area contributed by atoms with Crippen molar-refractivity contribution < 1.29 is 14.6 Å². The Labute approximate surface area is 88.1 Å². The number of ether oxygens (including phenoxy) is 1. The van der Waals surface area contributed by atoms with Gasteiger partial charge in [-0.1, -0.05) is 0 Å². The molecule has 0 saturated carbocycles. The normalized spacial score (nSPS) is 12.1. The van der Waals surface area contributed by atoms with Gasteiger partial charge in [-0.15, -0.1) is 0 Å². The van der Waals surface area contributed by atoms with Crippen LogP contribution in [0.5, 0.6) is 5.75 Å². The van der Waals surface area contributed by atoms with E-state index < -0.39 is 5.91 Å². The Bertz CT molecular complexity index is 341. The highest BCUT2D eigenvalue weighted by Gasteiger charge is 2.14. The minimum atomic E-state index is -0.405. The number of carbonyl (C=O) groups excluding carboxylic acids is 1. The van der Waals surface area contributed by atoms with Crippen LogP contribution in [0, 0.1) is 0 Å². The summed E-state index contributed by atoms with van der Waals surface area (Å²) in [5, 5.41) is 12.0. The van der Waals surface area contributed by atoms with Gasteiger partial charge in [0.15, 0.2) is 5.69 Å². The summed E-state index contributed by atoms with van der Waals surface area (Å²) in [7, 11) is 1.56. The fourth-order valence-corrected chi connectivity index (χ4v) is 1.16. The number of nitrogens with zero attached hydrogens (tertiary/aromatic N) is 1. The molecular weight excluding hydrogens is 196 g/mol. The van der Waals surface area contributed by atoms with Crippen LogP contribution < -0.4 is 5.32 Å². The van der Waals surface area contributed by atoms with Crippen molar-refractivity contribution in [3.63, 3.8) is 0 Å². The first-order valence-corrected chi connectivity index (χ1v) is 4.59. The van der Waals surface area contributed by atoms with Crippen LogP contribution in [-0.4, -0.2) is 35.8 Å². The molecule has 1 rings (SSSR count). The average molecular weight is 210 g/mol. The van der Waals surface area contributed by atoms with Crippen molar-refractivity contribution in [3.8, 4) is 5.75 Å². The molecule has 0 spiro atoms. The molecule has 1 aromatic heterocycles. The smallest absolute Gasteiger partial charge is 0.274 e. The maximum absolute atomic E-state index is 11.6. The zero-order valence-corrected chi connectivity index (χ0v) is 8.73. The highest BCUT2D eigenvalue weighted by atomic mass is 16.5. The number of nitrogens with one attached hydrogen (secondary N) is 1. The van der Waals surface area contributed by atoms with E-state index in [0.29, 0.717) is 6.61 Å². The van der Waals surface area contributed by atoms with Gasteiger partial charge in [-0.25, -0.2) is 4.98 Å². The van der Waals surface area contributed by atoms with Gasteiger partial charge < -0.3 is 15.2 Å². The standard InChI is InChI=1S/C10H14N2O3/c1-7(6-15-2)12-10(14)9-8(13)4-3-5-11-9/h3-5,7,13H,6H2,1-2H3,(H,12,14). The maximum atomic E-state index is 11.6. The topological polar surface area (TPSA) is 71.5 Å². The highest BCUT2D eigenvalue weighted by molar-refractivity contribution is 5.94. The number of hydrogen-bond donors (Lipinski definition) is 2. The molecule has 0 fully saturated rings. The molecule has 5 heteroatoms. The van der Waals surface area contributed by atoms with E-state index in [2.05, 4.69) is 10.3 Å². The number of carbonyl (C=O) groups is 1. The summed E-state index contributed by atoms with van der Waals surface area (Å²) in [4.78, 5) is 15.4. The third-order valence-electron chi connectivity index (χ3n) is 1.80. The van der Waals surface area contributed by atoms with Gasteiger partial charge >= 0.3 is 0 Å². The Hall–Kier alpha value is -1.62. The van der Waals surface area contributed by atoms with Gasteiger partial charge in [0.1, 0.15) is 5.75 Å². The molecule has 0 saturated heterocycles. The van der Waals surface area contributed by atoms with E-state index in [4.69, 9.17) is 4.74 Å². The molecule has 0 aliphatic heterocycles. The van der Waals surface area contributed by atoms with Crippen molar-refractivity contribution in [2.24, 2.45) is 0 Å². The Morgan fingerprint density at radius 2 is 2.47 bits per heavy atom. The molecule has 0 aliphatic carbocycles. The number of methoxy groups -OCH3 is 1.